The summed E-state index contributed by atoms with van der Waals surface area (Å²) in [6.07, 6.45) is 6.43. The Bertz CT molecular complexity index is 2190. The second kappa shape index (κ2) is 14.9. The molecule has 0 aliphatic rings. The molecule has 0 aliphatic carbocycles. The number of carbonyl (C=O) groups is 1. The largest absolute Gasteiger partial charge is 0.512 e. The Morgan fingerprint density at radius 1 is 0.837 bits per heavy atom. The van der Waals surface area contributed by atoms with Gasteiger partial charge < -0.3 is 9.67 Å². The molecule has 6 heteroatoms. The molecule has 0 spiro atoms. The van der Waals surface area contributed by atoms with Crippen molar-refractivity contribution in [2.75, 3.05) is 0 Å². The second-order valence-corrected chi connectivity index (χ2v) is 14.0. The van der Waals surface area contributed by atoms with E-state index in [0.717, 1.165) is 53.4 Å². The number of allylic oxidation sites excluding steroid dienone is 2. The number of hydrogen-bond donors (Lipinski definition) is 1. The number of nitrogens with zero attached hydrogens (tertiary/aromatic N) is 3. The molecule has 0 saturated carbocycles. The average molecular weight is 833 g/mol. The number of aryl methyl sites for hydroxylation is 4. The van der Waals surface area contributed by atoms with E-state index in [-0.39, 0.29) is 42.5 Å². The van der Waals surface area contributed by atoms with Gasteiger partial charge in [0.15, 0.2) is 5.78 Å². The van der Waals surface area contributed by atoms with Gasteiger partial charge in [-0.15, -0.1) is 29.1 Å². The fourth-order valence-corrected chi connectivity index (χ4v) is 6.88. The predicted molar refractivity (Wildman–Crippen MR) is 203 cm³/mol. The van der Waals surface area contributed by atoms with Crippen LogP contribution < -0.4 is 0 Å². The molecule has 6 rings (SSSR count). The maximum absolute atomic E-state index is 12.2. The number of hydrogen-bond acceptors (Lipinski definition) is 4. The third-order valence-electron chi connectivity index (χ3n) is 11.0. The summed E-state index contributed by atoms with van der Waals surface area (Å²) in [5, 5.41) is 17.3. The van der Waals surface area contributed by atoms with Crippen LogP contribution in [0.1, 0.15) is 83.9 Å². The van der Waals surface area contributed by atoms with E-state index in [0.29, 0.717) is 0 Å². The van der Waals surface area contributed by atoms with Crippen LogP contribution in [0.4, 0.5) is 0 Å². The minimum absolute atomic E-state index is 0. The van der Waals surface area contributed by atoms with E-state index in [1.165, 1.54) is 49.8 Å². The molecule has 49 heavy (non-hydrogen) atoms. The third kappa shape index (κ3) is 6.96. The zero-order chi connectivity index (χ0) is 35.0. The number of aliphatic hydroxyl groups is 1. The van der Waals surface area contributed by atoms with Crippen molar-refractivity contribution >= 4 is 49.3 Å². The fraction of sp³-hybridized carbons (Fsp3) is 0.372. The first kappa shape index (κ1) is 37.9. The van der Waals surface area contributed by atoms with Crippen LogP contribution >= 0.6 is 0 Å². The summed E-state index contributed by atoms with van der Waals surface area (Å²) in [6.45, 7) is 18.6. The number of benzene rings is 4. The molecule has 6 aromatic rings. The van der Waals surface area contributed by atoms with Crippen molar-refractivity contribution in [3.05, 3.63) is 95.5 Å². The van der Waals surface area contributed by atoms with Gasteiger partial charge in [-0.25, -0.2) is 4.98 Å². The van der Waals surface area contributed by atoms with Gasteiger partial charge in [-0.2, -0.15) is 0 Å². The average Bonchev–Trinajstić information content (AvgIpc) is 3.39. The van der Waals surface area contributed by atoms with Gasteiger partial charge in [0.1, 0.15) is 17.7 Å². The van der Waals surface area contributed by atoms with Crippen LogP contribution in [0, 0.1) is 37.7 Å². The van der Waals surface area contributed by atoms with E-state index in [1.807, 2.05) is 41.5 Å². The van der Waals surface area contributed by atoms with Crippen molar-refractivity contribution in [1.82, 2.24) is 14.5 Å². The van der Waals surface area contributed by atoms with Crippen LogP contribution in [0.5, 0.6) is 0 Å². The van der Waals surface area contributed by atoms with Crippen LogP contribution in [0.15, 0.2) is 72.8 Å². The first-order valence-corrected chi connectivity index (χ1v) is 17.3. The first-order valence-electron chi connectivity index (χ1n) is 17.3. The topological polar surface area (TPSA) is 68.0 Å². The smallest absolute Gasteiger partial charge is 0.164 e. The summed E-state index contributed by atoms with van der Waals surface area (Å²) in [5.74, 6) is 0.286. The number of fused-ring (bicyclic) bond motifs is 6. The summed E-state index contributed by atoms with van der Waals surface area (Å²) in [6, 6.07) is 23.2. The van der Waals surface area contributed by atoms with Crippen LogP contribution in [0.3, 0.4) is 0 Å². The van der Waals surface area contributed by atoms with Crippen LogP contribution in [-0.2, 0) is 31.9 Å². The van der Waals surface area contributed by atoms with Gasteiger partial charge >= 0.3 is 0 Å². The van der Waals surface area contributed by atoms with E-state index in [9.17, 15) is 9.90 Å². The van der Waals surface area contributed by atoms with Crippen LogP contribution in [0.25, 0.3) is 54.7 Å². The zero-order valence-electron chi connectivity index (χ0n) is 30.7. The number of rotatable bonds is 8. The van der Waals surface area contributed by atoms with Gasteiger partial charge in [-0.05, 0) is 44.9 Å². The number of carbonyl (C=O) groups excluding carboxylic acids is 1. The molecule has 5 nitrogen and oxygen atoms in total. The Kier molecular flexibility index (Phi) is 11.6. The summed E-state index contributed by atoms with van der Waals surface area (Å²) >= 11 is 0. The minimum atomic E-state index is -0.337. The van der Waals surface area contributed by atoms with Crippen molar-refractivity contribution in [3.8, 4) is 11.3 Å². The van der Waals surface area contributed by atoms with Crippen molar-refractivity contribution in [2.24, 2.45) is 17.9 Å². The van der Waals surface area contributed by atoms with Gasteiger partial charge in [0.05, 0.1) is 5.52 Å². The van der Waals surface area contributed by atoms with Crippen molar-refractivity contribution in [2.45, 2.75) is 88.0 Å². The maximum Gasteiger partial charge on any atom is 0.164 e. The van der Waals surface area contributed by atoms with Gasteiger partial charge in [0.2, 0.25) is 0 Å². The minimum Gasteiger partial charge on any atom is -0.512 e. The third-order valence-corrected chi connectivity index (χ3v) is 11.0. The Balaban J connectivity index is 0.000000260. The molecule has 0 amide bonds. The maximum atomic E-state index is 12.2. The molecule has 0 atom stereocenters. The van der Waals surface area contributed by atoms with E-state index in [4.69, 9.17) is 4.98 Å². The molecule has 2 heterocycles. The van der Waals surface area contributed by atoms with E-state index in [1.54, 1.807) is 6.33 Å². The van der Waals surface area contributed by atoms with E-state index in [2.05, 4.69) is 98.0 Å². The molecule has 2 aromatic heterocycles. The molecule has 259 valence electrons. The molecule has 0 saturated heterocycles. The molecule has 1 radical (unpaired) electrons. The monoisotopic (exact) mass is 833 g/mol. The quantitative estimate of drug-likeness (QED) is 0.0942. The number of aliphatic hydroxyl groups excluding tert-OH is 1. The molecule has 0 aliphatic heterocycles. The molecule has 0 unspecified atom stereocenters. The predicted octanol–water partition coefficient (Wildman–Crippen LogP) is 11.5. The van der Waals surface area contributed by atoms with Gasteiger partial charge in [0, 0.05) is 65.9 Å². The summed E-state index contributed by atoms with van der Waals surface area (Å²) in [4.78, 5) is 21.6. The summed E-state index contributed by atoms with van der Waals surface area (Å²) in [5.41, 5.74) is 7.29. The SMILES string of the molecule is CCC(C)(CC)C(=O)/C=C(\O)C(C)(CC)CC.Cc1cc(C)c2c(C)cc(-c3ncnc4c3c3ccc5ccccc5c3n4C)[c-]c2c1.[Ir]. The van der Waals surface area contributed by atoms with Crippen molar-refractivity contribution in [1.29, 1.82) is 0 Å². The van der Waals surface area contributed by atoms with Gasteiger partial charge in [-0.1, -0.05) is 113 Å². The van der Waals surface area contributed by atoms with Crippen molar-refractivity contribution in [3.63, 3.8) is 0 Å². The van der Waals surface area contributed by atoms with E-state index >= 15 is 0 Å². The Labute approximate surface area is 305 Å². The Morgan fingerprint density at radius 3 is 2.12 bits per heavy atom. The summed E-state index contributed by atoms with van der Waals surface area (Å²) in [7, 11) is 2.09. The first-order chi connectivity index (χ1) is 22.8. The molecular formula is C43H50IrN3O2-. The fourth-order valence-electron chi connectivity index (χ4n) is 6.88. The molecule has 0 bridgehead atoms. The molecule has 4 aromatic carbocycles. The normalized spacial score (nSPS) is 12.3. The Morgan fingerprint density at radius 2 is 1.47 bits per heavy atom. The number of aromatic nitrogens is 3. The summed E-state index contributed by atoms with van der Waals surface area (Å²) < 4.78 is 2.19. The van der Waals surface area contributed by atoms with Crippen LogP contribution in [0.2, 0.25) is 0 Å². The van der Waals surface area contributed by atoms with Crippen LogP contribution in [-0.4, -0.2) is 25.4 Å². The van der Waals surface area contributed by atoms with Crippen molar-refractivity contribution < 1.29 is 30.0 Å². The standard InChI is InChI=1S/C28H22N3.C15H28O2.Ir/c1-16-11-17(2)24-18(3)13-21(14-20(24)12-16)26-25-23-10-9-19-7-5-6-8-22(19)27(23)31(4)28(25)30-15-29-26;1-7-14(5,8-2)12(16)11-13(17)15(6,9-3)10-4;/h5-13,15H,1-4H3;11,16H,7-10H2,1-6H3;/q-1;;/b;12-11-;. The van der Waals surface area contributed by atoms with Gasteiger partial charge in [-0.3, -0.25) is 9.78 Å². The van der Waals surface area contributed by atoms with E-state index < -0.39 is 0 Å². The second-order valence-electron chi connectivity index (χ2n) is 14.0. The van der Waals surface area contributed by atoms with Gasteiger partial charge in [0.25, 0.3) is 0 Å². The molecule has 1 N–H and O–H groups in total. The number of ketones is 1. The molecular weight excluding hydrogens is 783 g/mol. The molecule has 0 fully saturated rings. The Hall–Kier alpha value is -3.86. The zero-order valence-corrected chi connectivity index (χ0v) is 33.1.